The van der Waals surface area contributed by atoms with Gasteiger partial charge in [0.25, 0.3) is 0 Å². The Morgan fingerprint density at radius 3 is 2.73 bits per heavy atom. The highest BCUT2D eigenvalue weighted by Crippen LogP contribution is 2.30. The second kappa shape index (κ2) is 12.2. The second-order valence-corrected chi connectivity index (χ2v) is 11.7. The Labute approximate surface area is 242 Å². The molecule has 1 aliphatic heterocycles. The number of anilines is 2. The van der Waals surface area contributed by atoms with E-state index < -0.39 is 0 Å². The highest BCUT2D eigenvalue weighted by Gasteiger charge is 2.18. The molecule has 6 rings (SSSR count). The van der Waals surface area contributed by atoms with E-state index in [0.29, 0.717) is 0 Å². The van der Waals surface area contributed by atoms with Gasteiger partial charge in [-0.25, -0.2) is 4.98 Å². The summed E-state index contributed by atoms with van der Waals surface area (Å²) in [6.07, 6.45) is 21.3. The van der Waals surface area contributed by atoms with Crippen molar-refractivity contribution in [2.45, 2.75) is 64.7 Å². The summed E-state index contributed by atoms with van der Waals surface area (Å²) in [5, 5.41) is 14.2. The number of nitrogens with zero attached hydrogens (tertiary/aromatic N) is 4. The van der Waals surface area contributed by atoms with Crippen LogP contribution >= 0.6 is 0 Å². The lowest BCUT2D eigenvalue weighted by atomic mass is 9.86. The molecule has 7 heteroatoms. The molecule has 1 aliphatic carbocycles. The number of allylic oxidation sites excluding steroid dienone is 3. The van der Waals surface area contributed by atoms with E-state index in [2.05, 4.69) is 68.7 Å². The largest absolute Gasteiger partial charge is 0.358 e. The third-order valence-electron chi connectivity index (χ3n) is 8.61. The molecule has 4 aromatic heterocycles. The van der Waals surface area contributed by atoms with Crippen molar-refractivity contribution in [1.82, 2.24) is 25.1 Å². The first-order chi connectivity index (χ1) is 20.0. The van der Waals surface area contributed by atoms with Crippen molar-refractivity contribution in [3.8, 4) is 11.4 Å². The summed E-state index contributed by atoms with van der Waals surface area (Å²) >= 11 is 0. The summed E-state index contributed by atoms with van der Waals surface area (Å²) in [6, 6.07) is 6.33. The number of piperidine rings is 1. The first-order valence-electron chi connectivity index (χ1n) is 15.1. The van der Waals surface area contributed by atoms with Gasteiger partial charge in [0.2, 0.25) is 0 Å². The number of hydrogen-bond acceptors (Lipinski definition) is 5. The van der Waals surface area contributed by atoms with Gasteiger partial charge in [-0.3, -0.25) is 10.1 Å². The Kier molecular flexibility index (Phi) is 8.03. The van der Waals surface area contributed by atoms with Crippen LogP contribution in [0.2, 0.25) is 0 Å². The minimum atomic E-state index is 0.755. The maximum atomic E-state index is 4.72. The van der Waals surface area contributed by atoms with Crippen molar-refractivity contribution in [2.24, 2.45) is 5.92 Å². The van der Waals surface area contributed by atoms with Crippen molar-refractivity contribution >= 4 is 40.6 Å². The summed E-state index contributed by atoms with van der Waals surface area (Å²) in [7, 11) is 0. The highest BCUT2D eigenvalue weighted by atomic mass is 15.2. The van der Waals surface area contributed by atoms with Gasteiger partial charge in [0, 0.05) is 41.8 Å². The van der Waals surface area contributed by atoms with Gasteiger partial charge in [0.15, 0.2) is 0 Å². The molecule has 212 valence electrons. The highest BCUT2D eigenvalue weighted by molar-refractivity contribution is 5.94. The zero-order chi connectivity index (χ0) is 28.2. The normalized spacial score (nSPS) is 17.3. The zero-order valence-corrected chi connectivity index (χ0v) is 24.2. The van der Waals surface area contributed by atoms with Gasteiger partial charge in [0.05, 0.1) is 28.4 Å². The molecule has 0 bridgehead atoms. The van der Waals surface area contributed by atoms with E-state index in [4.69, 9.17) is 4.98 Å². The smallest absolute Gasteiger partial charge is 0.137 e. The molecule has 0 spiro atoms. The number of pyridine rings is 2. The standard InChI is InChI=1S/C34H41N7/c1-23(27-19-28(22-35-21-27)37-24(2)18-26-10-6-4-7-11-26)12-13-30-25(3)33(40-39-30)32-20-29-31(38-32)14-15-36-34(29)41-16-8-5-9-17-41/h12-15,19-22,26,37-39H,2-11,16-18H2,1H3/b23-12+,30-13+. The summed E-state index contributed by atoms with van der Waals surface area (Å²) < 4.78 is 0. The molecule has 3 N–H and O–H groups in total. The molecule has 2 fully saturated rings. The van der Waals surface area contributed by atoms with E-state index in [1.54, 1.807) is 0 Å². The SMILES string of the molecule is C=C(CC1CCCCC1)Nc1cncc(/C(C)=C/C=c2/[nH]nc(-c3cc4c(N5CCCCC5)nccc4[nH]3)c2=C)c1. The van der Waals surface area contributed by atoms with Crippen molar-refractivity contribution < 1.29 is 0 Å². The summed E-state index contributed by atoms with van der Waals surface area (Å²) in [5.74, 6) is 1.81. The maximum Gasteiger partial charge on any atom is 0.137 e. The summed E-state index contributed by atoms with van der Waals surface area (Å²) in [5.41, 5.74) is 7.08. The van der Waals surface area contributed by atoms with E-state index >= 15 is 0 Å². The monoisotopic (exact) mass is 547 g/mol. The van der Waals surface area contributed by atoms with Crippen LogP contribution in [0.1, 0.15) is 70.3 Å². The third-order valence-corrected chi connectivity index (χ3v) is 8.61. The molecule has 41 heavy (non-hydrogen) atoms. The molecule has 0 aromatic carbocycles. The van der Waals surface area contributed by atoms with E-state index in [9.17, 15) is 0 Å². The van der Waals surface area contributed by atoms with Crippen LogP contribution in [0.3, 0.4) is 0 Å². The Bertz CT molecular complexity index is 1660. The van der Waals surface area contributed by atoms with E-state index in [0.717, 1.165) is 86.6 Å². The fourth-order valence-electron chi connectivity index (χ4n) is 6.29. The van der Waals surface area contributed by atoms with Crippen LogP contribution in [0, 0.1) is 5.92 Å². The minimum absolute atomic E-state index is 0.755. The molecule has 5 heterocycles. The number of aromatic amines is 2. The Morgan fingerprint density at radius 2 is 1.90 bits per heavy atom. The maximum absolute atomic E-state index is 4.72. The van der Waals surface area contributed by atoms with Crippen LogP contribution in [-0.2, 0) is 0 Å². The average molecular weight is 548 g/mol. The molecular weight excluding hydrogens is 506 g/mol. The van der Waals surface area contributed by atoms with Crippen molar-refractivity contribution in [3.63, 3.8) is 0 Å². The first kappa shape index (κ1) is 27.1. The Balaban J connectivity index is 1.19. The van der Waals surface area contributed by atoms with Crippen LogP contribution < -0.4 is 20.8 Å². The number of hydrogen-bond donors (Lipinski definition) is 3. The molecular formula is C34H41N7. The lowest BCUT2D eigenvalue weighted by Crippen LogP contribution is -2.30. The number of rotatable bonds is 8. The zero-order valence-electron chi connectivity index (χ0n) is 24.2. The Hall–Kier alpha value is -4.13. The quantitative estimate of drug-likeness (QED) is 0.234. The van der Waals surface area contributed by atoms with Gasteiger partial charge in [-0.1, -0.05) is 51.3 Å². The summed E-state index contributed by atoms with van der Waals surface area (Å²) in [6.45, 7) is 12.9. The fourth-order valence-corrected chi connectivity index (χ4v) is 6.29. The van der Waals surface area contributed by atoms with Gasteiger partial charge in [-0.2, -0.15) is 5.10 Å². The number of aromatic nitrogens is 5. The predicted molar refractivity (Wildman–Crippen MR) is 171 cm³/mol. The molecule has 4 aromatic rings. The van der Waals surface area contributed by atoms with Crippen LogP contribution in [0.4, 0.5) is 11.5 Å². The minimum Gasteiger partial charge on any atom is -0.358 e. The van der Waals surface area contributed by atoms with E-state index in [-0.39, 0.29) is 0 Å². The molecule has 7 nitrogen and oxygen atoms in total. The molecule has 0 atom stereocenters. The van der Waals surface area contributed by atoms with Gasteiger partial charge in [-0.05, 0) is 73.9 Å². The number of H-pyrrole nitrogens is 2. The molecule has 1 saturated carbocycles. The lowest BCUT2D eigenvalue weighted by molar-refractivity contribution is 0.357. The third kappa shape index (κ3) is 6.14. The van der Waals surface area contributed by atoms with Crippen LogP contribution in [0.25, 0.3) is 40.5 Å². The molecule has 0 amide bonds. The average Bonchev–Trinajstić information content (AvgIpc) is 3.60. The number of nitrogens with one attached hydrogen (secondary N) is 3. The van der Waals surface area contributed by atoms with Crippen molar-refractivity contribution in [2.75, 3.05) is 23.3 Å². The molecule has 0 unspecified atom stereocenters. The van der Waals surface area contributed by atoms with Gasteiger partial charge in [-0.15, -0.1) is 0 Å². The predicted octanol–water partition coefficient (Wildman–Crippen LogP) is 6.53. The van der Waals surface area contributed by atoms with Crippen LogP contribution in [0.5, 0.6) is 0 Å². The lowest BCUT2D eigenvalue weighted by Gasteiger charge is -2.28. The van der Waals surface area contributed by atoms with Crippen molar-refractivity contribution in [1.29, 1.82) is 0 Å². The molecule has 1 saturated heterocycles. The summed E-state index contributed by atoms with van der Waals surface area (Å²) in [4.78, 5) is 15.1. The van der Waals surface area contributed by atoms with Crippen molar-refractivity contribution in [3.05, 3.63) is 71.3 Å². The van der Waals surface area contributed by atoms with Crippen LogP contribution in [0.15, 0.2) is 55.1 Å². The van der Waals surface area contributed by atoms with Gasteiger partial charge in [0.1, 0.15) is 11.5 Å². The van der Waals surface area contributed by atoms with Gasteiger partial charge < -0.3 is 15.2 Å². The first-order valence-corrected chi connectivity index (χ1v) is 15.1. The van der Waals surface area contributed by atoms with E-state index in [1.807, 2.05) is 30.7 Å². The topological polar surface area (TPSA) is 85.5 Å². The second-order valence-electron chi connectivity index (χ2n) is 11.7. The molecule has 2 aliphatic rings. The van der Waals surface area contributed by atoms with E-state index in [1.165, 1.54) is 51.4 Å². The Morgan fingerprint density at radius 1 is 1.10 bits per heavy atom. The number of fused-ring (bicyclic) bond motifs is 1. The van der Waals surface area contributed by atoms with Gasteiger partial charge >= 0.3 is 0 Å². The van der Waals surface area contributed by atoms with Crippen LogP contribution in [-0.4, -0.2) is 38.2 Å². The molecule has 0 radical (unpaired) electrons. The fraction of sp³-hybridized carbons (Fsp3) is 0.382.